The summed E-state index contributed by atoms with van der Waals surface area (Å²) in [6, 6.07) is 14.2. The molecule has 4 aromatic rings. The number of ether oxygens (including phenoxy) is 1. The standard InChI is InChI=1S/C25H21F3N6O5/c26-25(27,28)13-39-20-9-15(22(36)33-11-18(35)12-33)3-7-19(20)30-23-31-21-8-4-16(10-34(21)32-23)14-1-5-17(6-2-14)29-24(37)38/h1-10,18,29,35H,11-13H2,(H,30,32)(H,37,38). The maximum absolute atomic E-state index is 12.9. The Hall–Kier alpha value is -4.85. The zero-order valence-electron chi connectivity index (χ0n) is 20.0. The average Bonchev–Trinajstić information content (AvgIpc) is 3.27. The summed E-state index contributed by atoms with van der Waals surface area (Å²) in [5.74, 6) is -0.572. The van der Waals surface area contributed by atoms with Gasteiger partial charge >= 0.3 is 12.3 Å². The van der Waals surface area contributed by atoms with E-state index in [2.05, 4.69) is 20.7 Å². The summed E-state index contributed by atoms with van der Waals surface area (Å²) in [5.41, 5.74) is 2.65. The van der Waals surface area contributed by atoms with Crippen molar-refractivity contribution in [2.45, 2.75) is 12.3 Å². The Morgan fingerprint density at radius 1 is 1.05 bits per heavy atom. The molecule has 0 saturated carbocycles. The Labute approximate surface area is 218 Å². The molecule has 0 radical (unpaired) electrons. The van der Waals surface area contributed by atoms with E-state index in [0.717, 1.165) is 11.1 Å². The summed E-state index contributed by atoms with van der Waals surface area (Å²) in [7, 11) is 0. The minimum absolute atomic E-state index is 0.0787. The van der Waals surface area contributed by atoms with Gasteiger partial charge in [0.15, 0.2) is 12.3 Å². The smallest absolute Gasteiger partial charge is 0.422 e. The average molecular weight is 542 g/mol. The van der Waals surface area contributed by atoms with E-state index in [4.69, 9.17) is 9.84 Å². The number of nitrogens with one attached hydrogen (secondary N) is 2. The number of hydrogen-bond acceptors (Lipinski definition) is 7. The molecule has 39 heavy (non-hydrogen) atoms. The van der Waals surface area contributed by atoms with E-state index in [-0.39, 0.29) is 36.0 Å². The Morgan fingerprint density at radius 2 is 1.77 bits per heavy atom. The number of rotatable bonds is 7. The summed E-state index contributed by atoms with van der Waals surface area (Å²) >= 11 is 0. The first-order valence-electron chi connectivity index (χ1n) is 11.6. The molecule has 0 atom stereocenters. The first-order valence-corrected chi connectivity index (χ1v) is 11.6. The van der Waals surface area contributed by atoms with Crippen molar-refractivity contribution in [1.29, 1.82) is 0 Å². The second kappa shape index (κ2) is 10.1. The lowest BCUT2D eigenvalue weighted by molar-refractivity contribution is -0.153. The molecule has 1 saturated heterocycles. The lowest BCUT2D eigenvalue weighted by atomic mass is 10.1. The summed E-state index contributed by atoms with van der Waals surface area (Å²) in [5, 5.41) is 27.7. The fraction of sp³-hybridized carbons (Fsp3) is 0.200. The number of hydrogen-bond donors (Lipinski definition) is 4. The van der Waals surface area contributed by atoms with Crippen molar-refractivity contribution >= 4 is 35.0 Å². The van der Waals surface area contributed by atoms with E-state index < -0.39 is 30.9 Å². The molecule has 14 heteroatoms. The van der Waals surface area contributed by atoms with Gasteiger partial charge in [-0.05, 0) is 48.0 Å². The van der Waals surface area contributed by atoms with E-state index in [9.17, 15) is 27.9 Å². The lowest BCUT2D eigenvalue weighted by Gasteiger charge is -2.36. The SMILES string of the molecule is O=C(O)Nc1ccc(-c2ccc3nc(Nc4ccc(C(=O)N5CC(O)C5)cc4OCC(F)(F)F)nn3c2)cc1. The van der Waals surface area contributed by atoms with Gasteiger partial charge < -0.3 is 25.2 Å². The van der Waals surface area contributed by atoms with Crippen LogP contribution in [-0.4, -0.2) is 73.7 Å². The molecule has 0 unspecified atom stereocenters. The van der Waals surface area contributed by atoms with Gasteiger partial charge in [-0.1, -0.05) is 12.1 Å². The predicted octanol–water partition coefficient (Wildman–Crippen LogP) is 3.99. The van der Waals surface area contributed by atoms with Crippen molar-refractivity contribution in [2.24, 2.45) is 0 Å². The van der Waals surface area contributed by atoms with Gasteiger partial charge in [0.25, 0.3) is 5.91 Å². The van der Waals surface area contributed by atoms with E-state index in [0.29, 0.717) is 11.3 Å². The van der Waals surface area contributed by atoms with E-state index >= 15 is 0 Å². The number of aliphatic hydroxyl groups is 1. The third kappa shape index (κ3) is 6.01. The normalized spacial score (nSPS) is 13.7. The molecule has 0 spiro atoms. The second-order valence-electron chi connectivity index (χ2n) is 8.77. The maximum atomic E-state index is 12.9. The first-order chi connectivity index (χ1) is 18.5. The zero-order valence-corrected chi connectivity index (χ0v) is 20.0. The number of likely N-dealkylation sites (tertiary alicyclic amines) is 1. The Morgan fingerprint density at radius 3 is 2.44 bits per heavy atom. The number of pyridine rings is 1. The molecule has 2 aromatic carbocycles. The quantitative estimate of drug-likeness (QED) is 0.275. The number of fused-ring (bicyclic) bond motifs is 1. The topological polar surface area (TPSA) is 141 Å². The molecular weight excluding hydrogens is 521 g/mol. The number of carbonyl (C=O) groups excluding carboxylic acids is 1. The van der Waals surface area contributed by atoms with Crippen LogP contribution in [0.3, 0.4) is 0 Å². The zero-order chi connectivity index (χ0) is 27.7. The molecule has 1 fully saturated rings. The maximum Gasteiger partial charge on any atom is 0.422 e. The molecule has 1 aliphatic rings. The van der Waals surface area contributed by atoms with Gasteiger partial charge in [0.2, 0.25) is 5.95 Å². The fourth-order valence-electron chi connectivity index (χ4n) is 3.94. The minimum Gasteiger partial charge on any atom is -0.482 e. The number of benzene rings is 2. The Kier molecular flexibility index (Phi) is 6.70. The lowest BCUT2D eigenvalue weighted by Crippen LogP contribution is -2.53. The van der Waals surface area contributed by atoms with E-state index in [1.807, 2.05) is 0 Å². The van der Waals surface area contributed by atoms with Gasteiger partial charge in [0.1, 0.15) is 5.75 Å². The van der Waals surface area contributed by atoms with Crippen LogP contribution >= 0.6 is 0 Å². The second-order valence-corrected chi connectivity index (χ2v) is 8.77. The summed E-state index contributed by atoms with van der Waals surface area (Å²) in [6.07, 6.45) is -4.70. The van der Waals surface area contributed by atoms with Crippen LogP contribution in [0, 0.1) is 0 Å². The van der Waals surface area contributed by atoms with Crippen LogP contribution < -0.4 is 15.4 Å². The third-order valence-electron chi connectivity index (χ3n) is 5.82. The highest BCUT2D eigenvalue weighted by molar-refractivity contribution is 5.96. The highest BCUT2D eigenvalue weighted by Crippen LogP contribution is 2.31. The molecular formula is C25H21F3N6O5. The highest BCUT2D eigenvalue weighted by atomic mass is 19.4. The molecule has 202 valence electrons. The molecule has 5 rings (SSSR count). The third-order valence-corrected chi connectivity index (χ3v) is 5.82. The predicted molar refractivity (Wildman–Crippen MR) is 133 cm³/mol. The molecule has 0 bridgehead atoms. The number of carboxylic acid groups (broad SMARTS) is 1. The molecule has 2 amide bonds. The minimum atomic E-state index is -4.60. The number of nitrogens with zero attached hydrogens (tertiary/aromatic N) is 4. The van der Waals surface area contributed by atoms with Crippen LogP contribution in [0.15, 0.2) is 60.8 Å². The van der Waals surface area contributed by atoms with Crippen molar-refractivity contribution in [1.82, 2.24) is 19.5 Å². The number of alkyl halides is 3. The Bertz CT molecular complexity index is 1530. The van der Waals surface area contributed by atoms with E-state index in [1.54, 1.807) is 42.6 Å². The summed E-state index contributed by atoms with van der Waals surface area (Å²) in [4.78, 5) is 29.1. The molecule has 2 aromatic heterocycles. The highest BCUT2D eigenvalue weighted by Gasteiger charge is 2.31. The van der Waals surface area contributed by atoms with Crippen LogP contribution in [0.1, 0.15) is 10.4 Å². The number of anilines is 3. The molecule has 4 N–H and O–H groups in total. The van der Waals surface area contributed by atoms with Crippen molar-refractivity contribution in [3.8, 4) is 16.9 Å². The van der Waals surface area contributed by atoms with Gasteiger partial charge in [-0.3, -0.25) is 10.1 Å². The van der Waals surface area contributed by atoms with Gasteiger partial charge in [-0.25, -0.2) is 9.31 Å². The number of carbonyl (C=O) groups is 2. The Balaban J connectivity index is 1.38. The monoisotopic (exact) mass is 542 g/mol. The van der Waals surface area contributed by atoms with Gasteiger partial charge in [0.05, 0.1) is 11.8 Å². The van der Waals surface area contributed by atoms with Crippen molar-refractivity contribution in [2.75, 3.05) is 30.3 Å². The largest absolute Gasteiger partial charge is 0.482 e. The van der Waals surface area contributed by atoms with Gasteiger partial charge in [-0.2, -0.15) is 18.2 Å². The van der Waals surface area contributed by atoms with Crippen LogP contribution in [0.25, 0.3) is 16.8 Å². The number of β-amino-alcohol motifs (C(OH)–C–C–N with tert-alkyl or cyclic N) is 1. The van der Waals surface area contributed by atoms with Crippen molar-refractivity contribution in [3.63, 3.8) is 0 Å². The van der Waals surface area contributed by atoms with Crippen LogP contribution in [-0.2, 0) is 0 Å². The first kappa shape index (κ1) is 25.8. The molecule has 0 aliphatic carbocycles. The molecule has 1 aliphatic heterocycles. The summed E-state index contributed by atoms with van der Waals surface area (Å²) < 4.78 is 45.1. The van der Waals surface area contributed by atoms with Crippen LogP contribution in [0.5, 0.6) is 5.75 Å². The number of aliphatic hydroxyl groups excluding tert-OH is 1. The van der Waals surface area contributed by atoms with Gasteiger partial charge in [0, 0.05) is 36.1 Å². The van der Waals surface area contributed by atoms with Gasteiger partial charge in [-0.15, -0.1) is 5.10 Å². The number of aromatic nitrogens is 3. The number of amides is 2. The van der Waals surface area contributed by atoms with Crippen LogP contribution in [0.2, 0.25) is 0 Å². The number of halogens is 3. The van der Waals surface area contributed by atoms with Crippen molar-refractivity contribution in [3.05, 3.63) is 66.4 Å². The van der Waals surface area contributed by atoms with Crippen molar-refractivity contribution < 1.29 is 37.7 Å². The van der Waals surface area contributed by atoms with Crippen LogP contribution in [0.4, 0.5) is 35.3 Å². The summed E-state index contributed by atoms with van der Waals surface area (Å²) in [6.45, 7) is -1.27. The molecule has 11 nitrogen and oxygen atoms in total. The molecule has 3 heterocycles. The van der Waals surface area contributed by atoms with E-state index in [1.165, 1.54) is 27.6 Å². The fourth-order valence-corrected chi connectivity index (χ4v) is 3.94.